The number of benzene rings is 1. The van der Waals surface area contributed by atoms with Gasteiger partial charge in [-0.3, -0.25) is 0 Å². The molecule has 2 rings (SSSR count). The molecule has 0 radical (unpaired) electrons. The molecule has 102 valence electrons. The summed E-state index contributed by atoms with van der Waals surface area (Å²) in [6, 6.07) is 2.31. The highest BCUT2D eigenvalue weighted by molar-refractivity contribution is 6.32. The fraction of sp³-hybridized carbons (Fsp3) is 0.308. The minimum atomic E-state index is -0.556. The topological polar surface area (TPSA) is 38.0 Å². The first kappa shape index (κ1) is 14.2. The average Bonchev–Trinajstić information content (AvgIpc) is 2.70. The van der Waals surface area contributed by atoms with Gasteiger partial charge >= 0.3 is 0 Å². The third kappa shape index (κ3) is 2.42. The summed E-state index contributed by atoms with van der Waals surface area (Å²) in [6.45, 7) is 3.83. The molecule has 0 aliphatic rings. The largest absolute Gasteiger partial charge is 0.506 e. The van der Waals surface area contributed by atoms with Crippen LogP contribution in [0.5, 0.6) is 5.75 Å². The van der Waals surface area contributed by atoms with E-state index in [4.69, 9.17) is 23.2 Å². The van der Waals surface area contributed by atoms with Crippen LogP contribution in [0.15, 0.2) is 12.1 Å². The molecule has 1 N–H and O–H groups in total. The first-order valence-corrected chi connectivity index (χ1v) is 6.69. The second-order valence-corrected chi connectivity index (χ2v) is 4.87. The molecule has 19 heavy (non-hydrogen) atoms. The summed E-state index contributed by atoms with van der Waals surface area (Å²) in [4.78, 5) is 0. The fourth-order valence-electron chi connectivity index (χ4n) is 1.90. The highest BCUT2D eigenvalue weighted by atomic mass is 35.5. The van der Waals surface area contributed by atoms with Crippen molar-refractivity contribution in [3.63, 3.8) is 0 Å². The van der Waals surface area contributed by atoms with Gasteiger partial charge < -0.3 is 5.11 Å². The Balaban J connectivity index is 2.68. The van der Waals surface area contributed by atoms with E-state index in [1.165, 1.54) is 10.7 Å². The SMILES string of the molecule is CCc1nn(-c2cc(O)c(Cl)cc2F)c(CC)c1Cl. The zero-order valence-corrected chi connectivity index (χ0v) is 12.1. The van der Waals surface area contributed by atoms with Gasteiger partial charge in [0.1, 0.15) is 11.4 Å². The zero-order chi connectivity index (χ0) is 14.2. The first-order chi connectivity index (χ1) is 8.99. The predicted molar refractivity (Wildman–Crippen MR) is 74.0 cm³/mol. The molecule has 0 atom stereocenters. The number of hydrogen-bond acceptors (Lipinski definition) is 2. The first-order valence-electron chi connectivity index (χ1n) is 5.94. The van der Waals surface area contributed by atoms with E-state index in [0.29, 0.717) is 29.3 Å². The number of hydrogen-bond donors (Lipinski definition) is 1. The molecule has 0 spiro atoms. The summed E-state index contributed by atoms with van der Waals surface area (Å²) in [5.74, 6) is -0.746. The minimum Gasteiger partial charge on any atom is -0.506 e. The maximum absolute atomic E-state index is 14.0. The highest BCUT2D eigenvalue weighted by Gasteiger charge is 2.18. The molecule has 0 aliphatic carbocycles. The number of halogens is 3. The Labute approximate surface area is 120 Å². The van der Waals surface area contributed by atoms with Gasteiger partial charge in [-0.15, -0.1) is 0 Å². The van der Waals surface area contributed by atoms with Crippen molar-refractivity contribution < 1.29 is 9.50 Å². The Morgan fingerprint density at radius 1 is 1.26 bits per heavy atom. The summed E-state index contributed by atoms with van der Waals surface area (Å²) < 4.78 is 15.4. The lowest BCUT2D eigenvalue weighted by molar-refractivity contribution is 0.472. The van der Waals surface area contributed by atoms with Gasteiger partial charge in [-0.25, -0.2) is 9.07 Å². The number of nitrogens with zero attached hydrogens (tertiary/aromatic N) is 2. The lowest BCUT2D eigenvalue weighted by Crippen LogP contribution is -2.04. The molecule has 0 fully saturated rings. The number of aromatic hydroxyl groups is 1. The summed E-state index contributed by atoms with van der Waals surface area (Å²) in [7, 11) is 0. The van der Waals surface area contributed by atoms with Crippen LogP contribution in [0.1, 0.15) is 25.2 Å². The van der Waals surface area contributed by atoms with E-state index in [9.17, 15) is 9.50 Å². The van der Waals surface area contributed by atoms with Crippen molar-refractivity contribution in [3.8, 4) is 11.4 Å². The Hall–Kier alpha value is -1.26. The molecule has 0 saturated heterocycles. The van der Waals surface area contributed by atoms with Crippen LogP contribution in [0.3, 0.4) is 0 Å². The van der Waals surface area contributed by atoms with Gasteiger partial charge in [-0.05, 0) is 18.9 Å². The van der Waals surface area contributed by atoms with E-state index in [2.05, 4.69) is 5.10 Å². The van der Waals surface area contributed by atoms with Gasteiger partial charge in [-0.1, -0.05) is 37.0 Å². The normalized spacial score (nSPS) is 11.0. The molecule has 1 heterocycles. The number of rotatable bonds is 3. The smallest absolute Gasteiger partial charge is 0.150 e. The second-order valence-electron chi connectivity index (χ2n) is 4.08. The van der Waals surface area contributed by atoms with Crippen LogP contribution in [-0.2, 0) is 12.8 Å². The molecule has 1 aromatic heterocycles. The van der Waals surface area contributed by atoms with Gasteiger partial charge in [0.2, 0.25) is 0 Å². The number of phenols is 1. The molecular formula is C13H13Cl2FN2O. The van der Waals surface area contributed by atoms with E-state index >= 15 is 0 Å². The van der Waals surface area contributed by atoms with Crippen LogP contribution in [0.2, 0.25) is 10.0 Å². The molecule has 0 bridgehead atoms. The summed E-state index contributed by atoms with van der Waals surface area (Å²) in [5.41, 5.74) is 1.55. The quantitative estimate of drug-likeness (QED) is 0.925. The molecule has 1 aromatic carbocycles. The molecule has 0 amide bonds. The van der Waals surface area contributed by atoms with Crippen LogP contribution in [0.4, 0.5) is 4.39 Å². The average molecular weight is 303 g/mol. The Morgan fingerprint density at radius 2 is 1.95 bits per heavy atom. The van der Waals surface area contributed by atoms with Crippen molar-refractivity contribution in [3.05, 3.63) is 39.4 Å². The third-order valence-corrected chi connectivity index (χ3v) is 3.64. The van der Waals surface area contributed by atoms with E-state index in [1.807, 2.05) is 13.8 Å². The van der Waals surface area contributed by atoms with Crippen LogP contribution in [0.25, 0.3) is 5.69 Å². The second kappa shape index (κ2) is 5.39. The van der Waals surface area contributed by atoms with Crippen LogP contribution in [0, 0.1) is 5.82 Å². The van der Waals surface area contributed by atoms with Crippen LogP contribution >= 0.6 is 23.2 Å². The van der Waals surface area contributed by atoms with Gasteiger partial charge in [-0.2, -0.15) is 5.10 Å². The number of phenolic OH excluding ortho intramolecular Hbond substituents is 1. The minimum absolute atomic E-state index is 0.0340. The maximum Gasteiger partial charge on any atom is 0.150 e. The Kier molecular flexibility index (Phi) is 4.02. The molecule has 0 unspecified atom stereocenters. The Bertz CT molecular complexity index is 626. The van der Waals surface area contributed by atoms with E-state index in [-0.39, 0.29) is 16.5 Å². The van der Waals surface area contributed by atoms with Crippen LogP contribution < -0.4 is 0 Å². The molecule has 3 nitrogen and oxygen atoms in total. The summed E-state index contributed by atoms with van der Waals surface area (Å²) >= 11 is 11.9. The predicted octanol–water partition coefficient (Wildman–Crippen LogP) is 4.15. The van der Waals surface area contributed by atoms with Crippen molar-refractivity contribution >= 4 is 23.2 Å². The van der Waals surface area contributed by atoms with Crippen LogP contribution in [-0.4, -0.2) is 14.9 Å². The molecule has 6 heteroatoms. The number of aryl methyl sites for hydroxylation is 1. The van der Waals surface area contributed by atoms with Gasteiger partial charge in [0.25, 0.3) is 0 Å². The lowest BCUT2D eigenvalue weighted by atomic mass is 10.2. The lowest BCUT2D eigenvalue weighted by Gasteiger charge is -2.08. The van der Waals surface area contributed by atoms with Crippen molar-refractivity contribution in [2.24, 2.45) is 0 Å². The molecule has 0 aliphatic heterocycles. The van der Waals surface area contributed by atoms with E-state index < -0.39 is 5.82 Å². The van der Waals surface area contributed by atoms with Crippen molar-refractivity contribution in [2.75, 3.05) is 0 Å². The molecular weight excluding hydrogens is 290 g/mol. The van der Waals surface area contributed by atoms with Crippen molar-refractivity contribution in [1.82, 2.24) is 9.78 Å². The molecule has 0 saturated carbocycles. The van der Waals surface area contributed by atoms with Crippen molar-refractivity contribution in [2.45, 2.75) is 26.7 Å². The van der Waals surface area contributed by atoms with Gasteiger partial charge in [0.15, 0.2) is 5.82 Å². The van der Waals surface area contributed by atoms with E-state index in [1.54, 1.807) is 0 Å². The summed E-state index contributed by atoms with van der Waals surface area (Å²) in [6.07, 6.45) is 1.26. The highest BCUT2D eigenvalue weighted by Crippen LogP contribution is 2.31. The van der Waals surface area contributed by atoms with Crippen molar-refractivity contribution in [1.29, 1.82) is 0 Å². The number of aromatic nitrogens is 2. The standard InChI is InChI=1S/C13H13Cl2FN2O/c1-3-9-13(15)10(4-2)18(17-9)11-6-12(19)7(14)5-8(11)16/h5-6,19H,3-4H2,1-2H3. The third-order valence-electron chi connectivity index (χ3n) is 2.90. The monoisotopic (exact) mass is 302 g/mol. The van der Waals surface area contributed by atoms with Gasteiger partial charge in [0, 0.05) is 6.07 Å². The summed E-state index contributed by atoms with van der Waals surface area (Å²) in [5, 5.41) is 14.4. The van der Waals surface area contributed by atoms with Gasteiger partial charge in [0.05, 0.1) is 21.4 Å². The fourth-order valence-corrected chi connectivity index (χ4v) is 2.44. The molecule has 2 aromatic rings. The zero-order valence-electron chi connectivity index (χ0n) is 10.5. The van der Waals surface area contributed by atoms with E-state index in [0.717, 1.165) is 6.07 Å². The Morgan fingerprint density at radius 3 is 2.53 bits per heavy atom. The maximum atomic E-state index is 14.0.